The molecule has 2 fully saturated rings. The smallest absolute Gasteiger partial charge is 0.246 e. The van der Waals surface area contributed by atoms with Crippen molar-refractivity contribution >= 4 is 17.7 Å². The molecule has 0 radical (unpaired) electrons. The molecule has 2 saturated heterocycles. The number of carbonyl (C=O) groups excluding carboxylic acids is 3. The summed E-state index contributed by atoms with van der Waals surface area (Å²) in [5.74, 6) is -1.53. The van der Waals surface area contributed by atoms with Crippen LogP contribution in [0.2, 0.25) is 0 Å². The number of amides is 3. The Bertz CT molecular complexity index is 901. The van der Waals surface area contributed by atoms with Crippen LogP contribution in [-0.2, 0) is 30.4 Å². The minimum absolute atomic E-state index is 0.233. The lowest BCUT2D eigenvalue weighted by molar-refractivity contribution is -0.142. The van der Waals surface area contributed by atoms with Gasteiger partial charge in [0.05, 0.1) is 31.7 Å². The highest BCUT2D eigenvalue weighted by Gasteiger charge is 2.72. The molecule has 1 aromatic carbocycles. The number of rotatable bonds is 8. The van der Waals surface area contributed by atoms with Crippen LogP contribution in [-0.4, -0.2) is 74.8 Å². The lowest BCUT2D eigenvalue weighted by Crippen LogP contribution is -2.55. The highest BCUT2D eigenvalue weighted by atomic mass is 16.5. The second-order valence-electron chi connectivity index (χ2n) is 7.91. The maximum absolute atomic E-state index is 13.4. The van der Waals surface area contributed by atoms with Crippen LogP contribution in [0.1, 0.15) is 5.56 Å². The van der Waals surface area contributed by atoms with E-state index in [0.717, 1.165) is 11.3 Å². The van der Waals surface area contributed by atoms with Gasteiger partial charge in [0.1, 0.15) is 17.4 Å². The predicted octanol–water partition coefficient (Wildman–Crippen LogP) is -0.146. The summed E-state index contributed by atoms with van der Waals surface area (Å²) in [4.78, 5) is 40.7. The number of hydrogen-bond acceptors (Lipinski definition) is 6. The molecule has 5 atom stereocenters. The first-order valence-electron chi connectivity index (χ1n) is 10.3. The lowest BCUT2D eigenvalue weighted by Gasteiger charge is -2.32. The summed E-state index contributed by atoms with van der Waals surface area (Å²) in [5, 5.41) is 5.55. The van der Waals surface area contributed by atoms with E-state index in [0.29, 0.717) is 6.54 Å². The van der Waals surface area contributed by atoms with Crippen LogP contribution in [0.5, 0.6) is 5.75 Å². The zero-order valence-corrected chi connectivity index (χ0v) is 17.8. The number of ether oxygens (including phenoxy) is 3. The molecule has 2 bridgehead atoms. The van der Waals surface area contributed by atoms with E-state index in [-0.39, 0.29) is 30.9 Å². The molecule has 3 aliphatic rings. The van der Waals surface area contributed by atoms with Gasteiger partial charge in [-0.3, -0.25) is 14.4 Å². The lowest BCUT2D eigenvalue weighted by atomic mass is 9.74. The molecular formula is C22H27N3O6. The molecule has 3 aliphatic heterocycles. The molecule has 31 heavy (non-hydrogen) atoms. The van der Waals surface area contributed by atoms with Gasteiger partial charge in [-0.2, -0.15) is 0 Å². The third-order valence-electron chi connectivity index (χ3n) is 6.33. The number of carbonyl (C=O) groups is 3. The Morgan fingerprint density at radius 2 is 1.94 bits per heavy atom. The molecule has 166 valence electrons. The van der Waals surface area contributed by atoms with Crippen LogP contribution < -0.4 is 15.4 Å². The zero-order chi connectivity index (χ0) is 22.2. The number of nitrogens with one attached hydrogen (secondary N) is 2. The Hall–Kier alpha value is -2.91. The standard InChI is InChI=1S/C22H27N3O6/c1-23-19(26)16-15-8-9-22(31-15)17(16)21(28)25(10-11-29-2)18(22)20(27)24-12-13-4-6-14(30-3)7-5-13/h4-9,15-18H,10-12H2,1-3H3,(H,23,26)(H,24,27)/t15-,16-,17-,18-,22-/m1/s1. The first-order valence-corrected chi connectivity index (χ1v) is 10.3. The fraction of sp³-hybridized carbons (Fsp3) is 0.500. The Labute approximate surface area is 180 Å². The van der Waals surface area contributed by atoms with Crippen LogP contribution >= 0.6 is 0 Å². The van der Waals surface area contributed by atoms with Crippen molar-refractivity contribution in [3.8, 4) is 5.75 Å². The Balaban J connectivity index is 1.59. The van der Waals surface area contributed by atoms with E-state index in [1.807, 2.05) is 24.3 Å². The molecule has 4 rings (SSSR count). The third kappa shape index (κ3) is 3.37. The van der Waals surface area contributed by atoms with Gasteiger partial charge in [-0.1, -0.05) is 24.3 Å². The second-order valence-corrected chi connectivity index (χ2v) is 7.91. The first kappa shape index (κ1) is 21.3. The second kappa shape index (κ2) is 8.32. The topological polar surface area (TPSA) is 106 Å². The van der Waals surface area contributed by atoms with Crippen molar-refractivity contribution in [1.29, 1.82) is 0 Å². The van der Waals surface area contributed by atoms with Gasteiger partial charge >= 0.3 is 0 Å². The summed E-state index contributed by atoms with van der Waals surface area (Å²) in [5.41, 5.74) is -0.261. The van der Waals surface area contributed by atoms with Gasteiger partial charge in [0.15, 0.2) is 0 Å². The van der Waals surface area contributed by atoms with Crippen LogP contribution in [0, 0.1) is 11.8 Å². The van der Waals surface area contributed by atoms with E-state index < -0.39 is 29.6 Å². The molecule has 2 N–H and O–H groups in total. The van der Waals surface area contributed by atoms with Gasteiger partial charge in [0, 0.05) is 27.2 Å². The minimum atomic E-state index is -1.16. The van der Waals surface area contributed by atoms with Gasteiger partial charge in [-0.25, -0.2) is 0 Å². The average molecular weight is 429 g/mol. The van der Waals surface area contributed by atoms with Gasteiger partial charge in [-0.05, 0) is 17.7 Å². The summed E-state index contributed by atoms with van der Waals surface area (Å²) in [6.45, 7) is 0.795. The van der Waals surface area contributed by atoms with Crippen molar-refractivity contribution in [3.63, 3.8) is 0 Å². The molecule has 1 spiro atoms. The number of methoxy groups -OCH3 is 2. The van der Waals surface area contributed by atoms with Gasteiger partial charge in [-0.15, -0.1) is 0 Å². The SMILES string of the molecule is CNC(=O)[C@@H]1[C@H]2C=C[C@@]3(O2)[C@H]1C(=O)N(CCOC)[C@@H]3C(=O)NCc1ccc(OC)cc1. The van der Waals surface area contributed by atoms with Crippen molar-refractivity contribution in [2.45, 2.75) is 24.3 Å². The molecule has 9 heteroatoms. The molecule has 0 unspecified atom stereocenters. The molecule has 3 heterocycles. The Morgan fingerprint density at radius 1 is 1.19 bits per heavy atom. The molecular weight excluding hydrogens is 402 g/mol. The number of fused-ring (bicyclic) bond motifs is 1. The van der Waals surface area contributed by atoms with E-state index in [1.54, 1.807) is 19.3 Å². The minimum Gasteiger partial charge on any atom is -0.497 e. The summed E-state index contributed by atoms with van der Waals surface area (Å²) in [7, 11) is 4.66. The molecule has 9 nitrogen and oxygen atoms in total. The zero-order valence-electron chi connectivity index (χ0n) is 17.8. The van der Waals surface area contributed by atoms with Crippen molar-refractivity contribution in [1.82, 2.24) is 15.5 Å². The Morgan fingerprint density at radius 3 is 2.58 bits per heavy atom. The van der Waals surface area contributed by atoms with Crippen molar-refractivity contribution in [2.24, 2.45) is 11.8 Å². The van der Waals surface area contributed by atoms with Crippen LogP contribution in [0.3, 0.4) is 0 Å². The van der Waals surface area contributed by atoms with Gasteiger partial charge in [0.25, 0.3) is 0 Å². The summed E-state index contributed by atoms with van der Waals surface area (Å²) < 4.78 is 16.5. The number of hydrogen-bond donors (Lipinski definition) is 2. The monoisotopic (exact) mass is 429 g/mol. The fourth-order valence-electron chi connectivity index (χ4n) is 4.89. The third-order valence-corrected chi connectivity index (χ3v) is 6.33. The number of nitrogens with zero attached hydrogens (tertiary/aromatic N) is 1. The summed E-state index contributed by atoms with van der Waals surface area (Å²) in [6.07, 6.45) is 3.05. The van der Waals surface area contributed by atoms with E-state index in [1.165, 1.54) is 19.1 Å². The summed E-state index contributed by atoms with van der Waals surface area (Å²) >= 11 is 0. The normalized spacial score (nSPS) is 30.4. The van der Waals surface area contributed by atoms with Crippen LogP contribution in [0.4, 0.5) is 0 Å². The van der Waals surface area contributed by atoms with Crippen molar-refractivity contribution in [2.75, 3.05) is 34.4 Å². The average Bonchev–Trinajstić information content (AvgIpc) is 3.43. The maximum atomic E-state index is 13.4. The molecule has 3 amide bonds. The first-order chi connectivity index (χ1) is 15.0. The molecule has 0 aromatic heterocycles. The van der Waals surface area contributed by atoms with E-state index in [4.69, 9.17) is 14.2 Å². The number of benzene rings is 1. The highest BCUT2D eigenvalue weighted by Crippen LogP contribution is 2.54. The largest absolute Gasteiger partial charge is 0.497 e. The quantitative estimate of drug-likeness (QED) is 0.557. The fourth-order valence-corrected chi connectivity index (χ4v) is 4.89. The molecule has 0 aliphatic carbocycles. The maximum Gasteiger partial charge on any atom is 0.246 e. The van der Waals surface area contributed by atoms with E-state index >= 15 is 0 Å². The van der Waals surface area contributed by atoms with Gasteiger partial charge in [0.2, 0.25) is 17.7 Å². The Kier molecular flexibility index (Phi) is 5.72. The van der Waals surface area contributed by atoms with Crippen LogP contribution in [0.15, 0.2) is 36.4 Å². The van der Waals surface area contributed by atoms with Crippen LogP contribution in [0.25, 0.3) is 0 Å². The molecule has 0 saturated carbocycles. The van der Waals surface area contributed by atoms with E-state index in [9.17, 15) is 14.4 Å². The predicted molar refractivity (Wildman–Crippen MR) is 110 cm³/mol. The highest BCUT2D eigenvalue weighted by molar-refractivity contribution is 5.99. The van der Waals surface area contributed by atoms with E-state index in [2.05, 4.69) is 10.6 Å². The summed E-state index contributed by atoms with van der Waals surface area (Å²) in [6, 6.07) is 6.48. The number of likely N-dealkylation sites (tertiary alicyclic amines) is 1. The van der Waals surface area contributed by atoms with Crippen molar-refractivity contribution < 1.29 is 28.6 Å². The van der Waals surface area contributed by atoms with Crippen molar-refractivity contribution in [3.05, 3.63) is 42.0 Å². The van der Waals surface area contributed by atoms with Gasteiger partial charge < -0.3 is 29.7 Å². The molecule has 1 aromatic rings.